The molecule has 1 atom stereocenters. The molecule has 0 amide bonds. The van der Waals surface area contributed by atoms with E-state index >= 15 is 0 Å². The lowest BCUT2D eigenvalue weighted by Gasteiger charge is -2.17. The predicted octanol–water partition coefficient (Wildman–Crippen LogP) is 3.60. The second-order valence-electron chi connectivity index (χ2n) is 3.82. The monoisotopic (exact) mass is 289 g/mol. The van der Waals surface area contributed by atoms with Crippen LogP contribution in [0.1, 0.15) is 31.9 Å². The number of carbonyl (C=O) groups is 1. The first-order chi connectivity index (χ1) is 8.58. The second-order valence-corrected chi connectivity index (χ2v) is 4.63. The lowest BCUT2D eigenvalue weighted by molar-refractivity contribution is -0.142. The number of halogens is 2. The quantitative estimate of drug-likeness (QED) is 0.814. The number of nitrogens with one attached hydrogen (secondary N) is 1. The van der Waals surface area contributed by atoms with E-state index in [0.29, 0.717) is 16.7 Å². The Morgan fingerprint density at radius 2 is 2.06 bits per heavy atom. The van der Waals surface area contributed by atoms with Crippen molar-refractivity contribution in [3.8, 4) is 0 Å². The van der Waals surface area contributed by atoms with Gasteiger partial charge in [-0.1, -0.05) is 36.2 Å². The van der Waals surface area contributed by atoms with Crippen LogP contribution in [0.5, 0.6) is 0 Å². The molecule has 100 valence electrons. The normalized spacial score (nSPS) is 12.2. The Morgan fingerprint density at radius 1 is 1.33 bits per heavy atom. The van der Waals surface area contributed by atoms with Crippen molar-refractivity contribution < 1.29 is 9.53 Å². The van der Waals surface area contributed by atoms with Gasteiger partial charge in [-0.3, -0.25) is 4.79 Å². The van der Waals surface area contributed by atoms with Crippen molar-refractivity contribution in [3.05, 3.63) is 33.8 Å². The molecule has 0 aliphatic carbocycles. The van der Waals surface area contributed by atoms with Crippen molar-refractivity contribution in [1.82, 2.24) is 5.32 Å². The fourth-order valence-electron chi connectivity index (χ4n) is 1.65. The van der Waals surface area contributed by atoms with E-state index in [9.17, 15) is 4.79 Å². The Balaban J connectivity index is 2.65. The molecule has 0 aromatic heterocycles. The van der Waals surface area contributed by atoms with Gasteiger partial charge in [0.2, 0.25) is 0 Å². The summed E-state index contributed by atoms with van der Waals surface area (Å²) in [5, 5.41) is 4.19. The van der Waals surface area contributed by atoms with E-state index in [-0.39, 0.29) is 18.6 Å². The van der Waals surface area contributed by atoms with Crippen LogP contribution in [0.25, 0.3) is 0 Å². The summed E-state index contributed by atoms with van der Waals surface area (Å²) in [7, 11) is 0. The first-order valence-corrected chi connectivity index (χ1v) is 6.68. The topological polar surface area (TPSA) is 38.3 Å². The van der Waals surface area contributed by atoms with Crippen LogP contribution in [0.15, 0.2) is 18.2 Å². The molecule has 0 spiro atoms. The third kappa shape index (κ3) is 4.48. The van der Waals surface area contributed by atoms with Crippen molar-refractivity contribution in [3.63, 3.8) is 0 Å². The Kier molecular flexibility index (Phi) is 6.47. The van der Waals surface area contributed by atoms with E-state index in [0.717, 1.165) is 12.0 Å². The van der Waals surface area contributed by atoms with E-state index in [1.807, 2.05) is 19.1 Å². The Hall–Kier alpha value is -0.770. The van der Waals surface area contributed by atoms with Gasteiger partial charge < -0.3 is 10.1 Å². The molecule has 1 N–H and O–H groups in total. The van der Waals surface area contributed by atoms with Crippen molar-refractivity contribution in [2.45, 2.75) is 26.3 Å². The Morgan fingerprint density at radius 3 is 2.61 bits per heavy atom. The number of rotatable bonds is 6. The molecule has 0 heterocycles. The summed E-state index contributed by atoms with van der Waals surface area (Å²) < 4.78 is 4.87. The van der Waals surface area contributed by atoms with E-state index in [1.54, 1.807) is 13.0 Å². The minimum atomic E-state index is -0.254. The smallest absolute Gasteiger partial charge is 0.319 e. The fourth-order valence-corrected chi connectivity index (χ4v) is 1.95. The standard InChI is InChI=1S/C13H17Cl2NO2/c1-3-12(16-8-13(17)18-4-2)9-5-6-10(14)11(15)7-9/h5-7,12,16H,3-4,8H2,1-2H3. The van der Waals surface area contributed by atoms with Crippen molar-refractivity contribution in [2.24, 2.45) is 0 Å². The zero-order chi connectivity index (χ0) is 13.5. The van der Waals surface area contributed by atoms with Gasteiger partial charge in [0.1, 0.15) is 0 Å². The van der Waals surface area contributed by atoms with Crippen LogP contribution in [0.2, 0.25) is 10.0 Å². The Labute approximate surface area is 117 Å². The molecule has 0 aliphatic heterocycles. The van der Waals surface area contributed by atoms with Gasteiger partial charge in [0.05, 0.1) is 23.2 Å². The molecule has 1 rings (SSSR count). The molecule has 0 saturated heterocycles. The predicted molar refractivity (Wildman–Crippen MR) is 74.1 cm³/mol. The average Bonchev–Trinajstić information content (AvgIpc) is 2.34. The average molecular weight is 290 g/mol. The molecule has 0 bridgehead atoms. The largest absolute Gasteiger partial charge is 0.465 e. The van der Waals surface area contributed by atoms with Gasteiger partial charge in [0, 0.05) is 6.04 Å². The molecule has 1 aromatic rings. The third-order valence-corrected chi connectivity index (χ3v) is 3.29. The highest BCUT2D eigenvalue weighted by Gasteiger charge is 2.12. The van der Waals surface area contributed by atoms with Gasteiger partial charge in [0.25, 0.3) is 0 Å². The van der Waals surface area contributed by atoms with Crippen LogP contribution in [-0.4, -0.2) is 19.1 Å². The lowest BCUT2D eigenvalue weighted by Crippen LogP contribution is -2.28. The van der Waals surface area contributed by atoms with Crippen LogP contribution in [0, 0.1) is 0 Å². The summed E-state index contributed by atoms with van der Waals surface area (Å²) in [4.78, 5) is 11.3. The molecular weight excluding hydrogens is 273 g/mol. The van der Waals surface area contributed by atoms with Crippen LogP contribution < -0.4 is 5.32 Å². The zero-order valence-corrected chi connectivity index (χ0v) is 12.0. The summed E-state index contributed by atoms with van der Waals surface area (Å²) in [6.45, 7) is 4.40. The second kappa shape index (κ2) is 7.62. The SMILES string of the molecule is CCOC(=O)CNC(CC)c1ccc(Cl)c(Cl)c1. The van der Waals surface area contributed by atoms with Gasteiger partial charge in [0.15, 0.2) is 0 Å². The molecule has 0 saturated carbocycles. The van der Waals surface area contributed by atoms with Crippen LogP contribution in [-0.2, 0) is 9.53 Å². The maximum Gasteiger partial charge on any atom is 0.319 e. The number of benzene rings is 1. The molecule has 3 nitrogen and oxygen atoms in total. The summed E-state index contributed by atoms with van der Waals surface area (Å²) in [5.41, 5.74) is 1.01. The number of esters is 1. The highest BCUT2D eigenvalue weighted by molar-refractivity contribution is 6.42. The molecule has 18 heavy (non-hydrogen) atoms. The number of hydrogen-bond donors (Lipinski definition) is 1. The summed E-state index contributed by atoms with van der Waals surface area (Å²) in [6, 6.07) is 5.54. The molecule has 0 aliphatic rings. The van der Waals surface area contributed by atoms with Gasteiger partial charge in [-0.15, -0.1) is 0 Å². The van der Waals surface area contributed by atoms with Crippen molar-refractivity contribution in [1.29, 1.82) is 0 Å². The number of carbonyl (C=O) groups excluding carboxylic acids is 1. The van der Waals surface area contributed by atoms with E-state index in [2.05, 4.69) is 5.32 Å². The molecule has 5 heteroatoms. The minimum Gasteiger partial charge on any atom is -0.465 e. The number of hydrogen-bond acceptors (Lipinski definition) is 3. The van der Waals surface area contributed by atoms with Gasteiger partial charge in [-0.25, -0.2) is 0 Å². The van der Waals surface area contributed by atoms with Gasteiger partial charge in [-0.2, -0.15) is 0 Å². The number of ether oxygens (including phenoxy) is 1. The highest BCUT2D eigenvalue weighted by Crippen LogP contribution is 2.26. The fraction of sp³-hybridized carbons (Fsp3) is 0.462. The molecule has 0 fully saturated rings. The van der Waals surface area contributed by atoms with Crippen LogP contribution in [0.4, 0.5) is 0 Å². The third-order valence-electron chi connectivity index (χ3n) is 2.55. The molecule has 1 unspecified atom stereocenters. The maximum absolute atomic E-state index is 11.3. The first kappa shape index (κ1) is 15.3. The van der Waals surface area contributed by atoms with E-state index < -0.39 is 0 Å². The minimum absolute atomic E-state index is 0.0594. The summed E-state index contributed by atoms with van der Waals surface area (Å²) in [5.74, 6) is -0.254. The van der Waals surface area contributed by atoms with Crippen molar-refractivity contribution in [2.75, 3.05) is 13.2 Å². The molecule has 1 aromatic carbocycles. The van der Waals surface area contributed by atoms with E-state index in [4.69, 9.17) is 27.9 Å². The first-order valence-electron chi connectivity index (χ1n) is 5.92. The molecular formula is C13H17Cl2NO2. The zero-order valence-electron chi connectivity index (χ0n) is 10.5. The van der Waals surface area contributed by atoms with Gasteiger partial charge in [-0.05, 0) is 31.0 Å². The molecule has 0 radical (unpaired) electrons. The summed E-state index contributed by atoms with van der Waals surface area (Å²) >= 11 is 11.8. The lowest BCUT2D eigenvalue weighted by atomic mass is 10.0. The Bertz CT molecular complexity index is 410. The highest BCUT2D eigenvalue weighted by atomic mass is 35.5. The van der Waals surface area contributed by atoms with Crippen LogP contribution >= 0.6 is 23.2 Å². The summed E-state index contributed by atoms with van der Waals surface area (Å²) in [6.07, 6.45) is 0.845. The maximum atomic E-state index is 11.3. The van der Waals surface area contributed by atoms with Crippen molar-refractivity contribution >= 4 is 29.2 Å². The van der Waals surface area contributed by atoms with E-state index in [1.165, 1.54) is 0 Å². The van der Waals surface area contributed by atoms with Gasteiger partial charge >= 0.3 is 5.97 Å². The van der Waals surface area contributed by atoms with Crippen LogP contribution in [0.3, 0.4) is 0 Å².